The third-order valence-corrected chi connectivity index (χ3v) is 4.65. The zero-order chi connectivity index (χ0) is 14.7. The highest BCUT2D eigenvalue weighted by molar-refractivity contribution is 6.42. The normalized spacial score (nSPS) is 22.4. The van der Waals surface area contributed by atoms with Gasteiger partial charge in [0.15, 0.2) is 0 Å². The summed E-state index contributed by atoms with van der Waals surface area (Å²) in [6, 6.07) is 8.02. The molecule has 0 saturated carbocycles. The topological polar surface area (TPSA) is 30.3 Å². The quantitative estimate of drug-likeness (QED) is 0.854. The van der Waals surface area contributed by atoms with E-state index in [0.29, 0.717) is 16.1 Å². The minimum absolute atomic E-state index is 0.261. The van der Waals surface area contributed by atoms with Crippen LogP contribution >= 0.6 is 23.2 Å². The van der Waals surface area contributed by atoms with Gasteiger partial charge < -0.3 is 4.90 Å². The van der Waals surface area contributed by atoms with Crippen LogP contribution in [-0.2, 0) is 0 Å². The number of hydrogen-bond acceptors (Lipinski definition) is 3. The number of likely N-dealkylation sites (N-methyl/N-ethyl adjacent to an activating group) is 1. The van der Waals surface area contributed by atoms with Gasteiger partial charge in [-0.2, -0.15) is 5.26 Å². The minimum Gasteiger partial charge on any atom is -0.304 e. The van der Waals surface area contributed by atoms with Gasteiger partial charge in [0.1, 0.15) is 6.04 Å². The lowest BCUT2D eigenvalue weighted by atomic mass is 10.0. The molecule has 2 unspecified atom stereocenters. The zero-order valence-corrected chi connectivity index (χ0v) is 13.3. The first-order chi connectivity index (χ1) is 9.56. The molecule has 2 atom stereocenters. The van der Waals surface area contributed by atoms with E-state index >= 15 is 0 Å². The van der Waals surface area contributed by atoms with Crippen molar-refractivity contribution in [1.82, 2.24) is 9.80 Å². The predicted molar refractivity (Wildman–Crippen MR) is 83.1 cm³/mol. The maximum atomic E-state index is 9.59. The lowest BCUT2D eigenvalue weighted by Gasteiger charge is -2.42. The Bertz CT molecular complexity index is 512. The fourth-order valence-electron chi connectivity index (χ4n) is 2.75. The van der Waals surface area contributed by atoms with E-state index in [1.54, 1.807) is 6.07 Å². The van der Waals surface area contributed by atoms with Gasteiger partial charge in [0.05, 0.1) is 16.1 Å². The van der Waals surface area contributed by atoms with E-state index in [9.17, 15) is 5.26 Å². The average Bonchev–Trinajstić information content (AvgIpc) is 2.44. The molecule has 1 heterocycles. The molecule has 1 aromatic carbocycles. The Morgan fingerprint density at radius 1 is 1.35 bits per heavy atom. The number of nitriles is 1. The highest BCUT2D eigenvalue weighted by Crippen LogP contribution is 2.30. The molecular weight excluding hydrogens is 293 g/mol. The number of piperazine rings is 1. The number of rotatable bonds is 3. The molecule has 108 valence electrons. The highest BCUT2D eigenvalue weighted by Gasteiger charge is 2.30. The van der Waals surface area contributed by atoms with Crippen molar-refractivity contribution in [3.63, 3.8) is 0 Å². The van der Waals surface area contributed by atoms with Crippen LogP contribution in [0.3, 0.4) is 0 Å². The smallest absolute Gasteiger partial charge is 0.124 e. The maximum Gasteiger partial charge on any atom is 0.124 e. The van der Waals surface area contributed by atoms with Crippen molar-refractivity contribution in [2.75, 3.05) is 26.7 Å². The van der Waals surface area contributed by atoms with E-state index in [2.05, 4.69) is 29.8 Å². The molecule has 1 saturated heterocycles. The summed E-state index contributed by atoms with van der Waals surface area (Å²) in [6.07, 6.45) is 1.03. The molecular formula is C15H19Cl2N3. The average molecular weight is 312 g/mol. The van der Waals surface area contributed by atoms with Gasteiger partial charge in [0.25, 0.3) is 0 Å². The van der Waals surface area contributed by atoms with Crippen LogP contribution in [0.1, 0.15) is 24.9 Å². The summed E-state index contributed by atoms with van der Waals surface area (Å²) in [4.78, 5) is 4.59. The number of hydrogen-bond donors (Lipinski definition) is 0. The van der Waals surface area contributed by atoms with Crippen molar-refractivity contribution in [1.29, 1.82) is 5.26 Å². The summed E-state index contributed by atoms with van der Waals surface area (Å²) >= 11 is 12.0. The molecule has 1 aromatic rings. The van der Waals surface area contributed by atoms with Gasteiger partial charge in [-0.05, 0) is 31.2 Å². The third-order valence-electron chi connectivity index (χ3n) is 3.92. The molecule has 0 amide bonds. The van der Waals surface area contributed by atoms with E-state index in [4.69, 9.17) is 23.2 Å². The monoisotopic (exact) mass is 311 g/mol. The summed E-state index contributed by atoms with van der Waals surface area (Å²) < 4.78 is 0. The van der Waals surface area contributed by atoms with E-state index in [1.807, 2.05) is 12.1 Å². The van der Waals surface area contributed by atoms with Gasteiger partial charge in [-0.1, -0.05) is 36.2 Å². The third kappa shape index (κ3) is 3.27. The number of benzene rings is 1. The van der Waals surface area contributed by atoms with Gasteiger partial charge in [0.2, 0.25) is 0 Å². The fraction of sp³-hybridized carbons (Fsp3) is 0.533. The Balaban J connectivity index is 2.27. The Hall–Kier alpha value is -0.790. The molecule has 0 bridgehead atoms. The molecule has 5 heteroatoms. The van der Waals surface area contributed by atoms with E-state index in [1.165, 1.54) is 0 Å². The minimum atomic E-state index is -0.261. The standard InChI is InChI=1S/C15H19Cl2N3/c1-3-12-10-19(2)6-7-20(12)15(9-18)11-4-5-13(16)14(17)8-11/h4-5,8,12,15H,3,6-7,10H2,1-2H3. The Labute approximate surface area is 130 Å². The summed E-state index contributed by atoms with van der Waals surface area (Å²) in [7, 11) is 2.13. The molecule has 0 N–H and O–H groups in total. The van der Waals surface area contributed by atoms with E-state index in [-0.39, 0.29) is 6.04 Å². The van der Waals surface area contributed by atoms with Crippen LogP contribution in [0.5, 0.6) is 0 Å². The van der Waals surface area contributed by atoms with Crippen LogP contribution in [0.4, 0.5) is 0 Å². The Morgan fingerprint density at radius 3 is 2.70 bits per heavy atom. The summed E-state index contributed by atoms with van der Waals surface area (Å²) in [5.41, 5.74) is 0.921. The molecule has 2 rings (SSSR count). The summed E-state index contributed by atoms with van der Waals surface area (Å²) in [5.74, 6) is 0. The van der Waals surface area contributed by atoms with Crippen molar-refractivity contribution in [3.8, 4) is 6.07 Å². The van der Waals surface area contributed by atoms with Crippen molar-refractivity contribution in [2.45, 2.75) is 25.4 Å². The first-order valence-corrected chi connectivity index (χ1v) is 7.61. The van der Waals surface area contributed by atoms with Crippen LogP contribution in [0.2, 0.25) is 10.0 Å². The van der Waals surface area contributed by atoms with Gasteiger partial charge in [-0.25, -0.2) is 0 Å². The molecule has 1 aliphatic heterocycles. The van der Waals surface area contributed by atoms with Crippen LogP contribution in [0.15, 0.2) is 18.2 Å². The largest absolute Gasteiger partial charge is 0.304 e. The van der Waals surface area contributed by atoms with Gasteiger partial charge in [0, 0.05) is 25.7 Å². The molecule has 1 fully saturated rings. The molecule has 0 aromatic heterocycles. The van der Waals surface area contributed by atoms with E-state index < -0.39 is 0 Å². The second kappa shape index (κ2) is 6.78. The van der Waals surface area contributed by atoms with Crippen molar-refractivity contribution in [3.05, 3.63) is 33.8 Å². The van der Waals surface area contributed by atoms with Crippen molar-refractivity contribution < 1.29 is 0 Å². The molecule has 20 heavy (non-hydrogen) atoms. The second-order valence-corrected chi connectivity index (χ2v) is 6.08. The van der Waals surface area contributed by atoms with Crippen LogP contribution < -0.4 is 0 Å². The molecule has 1 aliphatic rings. The maximum absolute atomic E-state index is 9.59. The lowest BCUT2D eigenvalue weighted by molar-refractivity contribution is 0.0676. The molecule has 0 spiro atoms. The fourth-order valence-corrected chi connectivity index (χ4v) is 3.06. The van der Waals surface area contributed by atoms with Crippen LogP contribution in [-0.4, -0.2) is 42.5 Å². The van der Waals surface area contributed by atoms with Gasteiger partial charge in [-0.3, -0.25) is 4.90 Å². The lowest BCUT2D eigenvalue weighted by Crippen LogP contribution is -2.52. The van der Waals surface area contributed by atoms with Crippen LogP contribution in [0, 0.1) is 11.3 Å². The van der Waals surface area contributed by atoms with Crippen molar-refractivity contribution >= 4 is 23.2 Å². The van der Waals surface area contributed by atoms with Crippen molar-refractivity contribution in [2.24, 2.45) is 0 Å². The second-order valence-electron chi connectivity index (χ2n) is 5.27. The first kappa shape index (κ1) is 15.6. The number of nitrogens with zero attached hydrogens (tertiary/aromatic N) is 3. The Morgan fingerprint density at radius 2 is 2.10 bits per heavy atom. The number of halogens is 2. The van der Waals surface area contributed by atoms with Gasteiger partial charge in [-0.15, -0.1) is 0 Å². The zero-order valence-electron chi connectivity index (χ0n) is 11.8. The first-order valence-electron chi connectivity index (χ1n) is 6.85. The highest BCUT2D eigenvalue weighted by atomic mass is 35.5. The van der Waals surface area contributed by atoms with Crippen LogP contribution in [0.25, 0.3) is 0 Å². The van der Waals surface area contributed by atoms with Gasteiger partial charge >= 0.3 is 0 Å². The van der Waals surface area contributed by atoms with E-state index in [0.717, 1.165) is 31.6 Å². The molecule has 0 radical (unpaired) electrons. The molecule has 3 nitrogen and oxygen atoms in total. The SMILES string of the molecule is CCC1CN(C)CCN1C(C#N)c1ccc(Cl)c(Cl)c1. The molecule has 0 aliphatic carbocycles. The summed E-state index contributed by atoms with van der Waals surface area (Å²) in [5, 5.41) is 10.6. The predicted octanol–water partition coefficient (Wildman–Crippen LogP) is 3.58. The summed E-state index contributed by atoms with van der Waals surface area (Å²) in [6.45, 7) is 5.04. The Kier molecular flexibility index (Phi) is 5.29.